The minimum absolute atomic E-state index is 0.343. The lowest BCUT2D eigenvalue weighted by Crippen LogP contribution is -2.08. The van der Waals surface area contributed by atoms with Gasteiger partial charge in [0, 0.05) is 13.6 Å². The first-order chi connectivity index (χ1) is 6.22. The summed E-state index contributed by atoms with van der Waals surface area (Å²) in [5.74, 6) is -0.343. The SMILES string of the molecule is Cn1c(=O)oc2cc(CN)ccc21. The molecule has 0 atom stereocenters. The minimum Gasteiger partial charge on any atom is -0.408 e. The molecule has 0 fully saturated rings. The van der Waals surface area contributed by atoms with Crippen molar-refractivity contribution in [2.45, 2.75) is 6.54 Å². The summed E-state index contributed by atoms with van der Waals surface area (Å²) in [5.41, 5.74) is 7.81. The topological polar surface area (TPSA) is 61.2 Å². The van der Waals surface area contributed by atoms with Crippen LogP contribution in [0.1, 0.15) is 5.56 Å². The van der Waals surface area contributed by atoms with Gasteiger partial charge in [-0.2, -0.15) is 0 Å². The van der Waals surface area contributed by atoms with Crippen LogP contribution in [0.25, 0.3) is 11.1 Å². The fourth-order valence-corrected chi connectivity index (χ4v) is 1.31. The number of nitrogens with two attached hydrogens (primary N) is 1. The van der Waals surface area contributed by atoms with Gasteiger partial charge < -0.3 is 10.2 Å². The lowest BCUT2D eigenvalue weighted by atomic mass is 10.2. The molecule has 1 aromatic carbocycles. The molecule has 2 N–H and O–H groups in total. The molecule has 4 heteroatoms. The fourth-order valence-electron chi connectivity index (χ4n) is 1.31. The van der Waals surface area contributed by atoms with Gasteiger partial charge in [-0.25, -0.2) is 4.79 Å². The van der Waals surface area contributed by atoms with E-state index in [1.807, 2.05) is 12.1 Å². The van der Waals surface area contributed by atoms with Gasteiger partial charge in [0.1, 0.15) is 0 Å². The lowest BCUT2D eigenvalue weighted by Gasteiger charge is -1.95. The Bertz CT molecular complexity index is 496. The van der Waals surface area contributed by atoms with Crippen LogP contribution in [0, 0.1) is 0 Å². The van der Waals surface area contributed by atoms with Crippen LogP contribution in [0.4, 0.5) is 0 Å². The molecule has 0 bridgehead atoms. The van der Waals surface area contributed by atoms with Crippen LogP contribution < -0.4 is 11.5 Å². The molecule has 0 aliphatic carbocycles. The second-order valence-corrected chi connectivity index (χ2v) is 2.93. The third kappa shape index (κ3) is 1.15. The molecular formula is C9H10N2O2. The number of hydrogen-bond acceptors (Lipinski definition) is 3. The van der Waals surface area contributed by atoms with Crippen LogP contribution in [0.15, 0.2) is 27.4 Å². The van der Waals surface area contributed by atoms with Crippen molar-refractivity contribution < 1.29 is 4.42 Å². The normalized spacial score (nSPS) is 10.9. The average Bonchev–Trinajstić information content (AvgIpc) is 2.42. The molecule has 1 aromatic heterocycles. The first kappa shape index (κ1) is 8.07. The molecular weight excluding hydrogens is 168 g/mol. The van der Waals surface area contributed by atoms with Gasteiger partial charge in [-0.15, -0.1) is 0 Å². The van der Waals surface area contributed by atoms with Crippen molar-refractivity contribution >= 4 is 11.1 Å². The smallest absolute Gasteiger partial charge is 0.408 e. The monoisotopic (exact) mass is 178 g/mol. The van der Waals surface area contributed by atoms with Gasteiger partial charge in [-0.3, -0.25) is 4.57 Å². The van der Waals surface area contributed by atoms with Gasteiger partial charge in [0.2, 0.25) is 0 Å². The van der Waals surface area contributed by atoms with Crippen LogP contribution in [0.2, 0.25) is 0 Å². The highest BCUT2D eigenvalue weighted by Gasteiger charge is 2.04. The number of nitrogens with zero attached hydrogens (tertiary/aromatic N) is 1. The molecule has 0 unspecified atom stereocenters. The zero-order valence-electron chi connectivity index (χ0n) is 7.28. The molecule has 0 radical (unpaired) electrons. The third-order valence-corrected chi connectivity index (χ3v) is 2.09. The zero-order chi connectivity index (χ0) is 9.42. The van der Waals surface area contributed by atoms with Crippen molar-refractivity contribution in [2.24, 2.45) is 12.8 Å². The Morgan fingerprint density at radius 1 is 1.54 bits per heavy atom. The van der Waals surface area contributed by atoms with Crippen molar-refractivity contribution in [3.63, 3.8) is 0 Å². The summed E-state index contributed by atoms with van der Waals surface area (Å²) in [6, 6.07) is 5.51. The predicted molar refractivity (Wildman–Crippen MR) is 49.3 cm³/mol. The van der Waals surface area contributed by atoms with E-state index in [0.29, 0.717) is 12.1 Å². The number of aryl methyl sites for hydroxylation is 1. The molecule has 68 valence electrons. The van der Waals surface area contributed by atoms with Crippen LogP contribution in [0.3, 0.4) is 0 Å². The summed E-state index contributed by atoms with van der Waals surface area (Å²) in [4.78, 5) is 11.1. The Morgan fingerprint density at radius 3 is 3.00 bits per heavy atom. The van der Waals surface area contributed by atoms with Crippen molar-refractivity contribution in [2.75, 3.05) is 0 Å². The molecule has 0 saturated heterocycles. The summed E-state index contributed by atoms with van der Waals surface area (Å²) in [5, 5.41) is 0. The summed E-state index contributed by atoms with van der Waals surface area (Å²) < 4.78 is 6.46. The van der Waals surface area contributed by atoms with E-state index in [1.165, 1.54) is 4.57 Å². The molecule has 0 amide bonds. The molecule has 2 aromatic rings. The second-order valence-electron chi connectivity index (χ2n) is 2.93. The Balaban J connectivity index is 2.80. The van der Waals surface area contributed by atoms with E-state index in [4.69, 9.17) is 10.2 Å². The van der Waals surface area contributed by atoms with Gasteiger partial charge in [-0.1, -0.05) is 6.07 Å². The summed E-state index contributed by atoms with van der Waals surface area (Å²) in [6.07, 6.45) is 0. The molecule has 2 rings (SSSR count). The van der Waals surface area contributed by atoms with Gasteiger partial charge >= 0.3 is 5.76 Å². The summed E-state index contributed by atoms with van der Waals surface area (Å²) in [6.45, 7) is 0.453. The van der Waals surface area contributed by atoms with E-state index < -0.39 is 0 Å². The van der Waals surface area contributed by atoms with Gasteiger partial charge in [-0.05, 0) is 17.7 Å². The highest BCUT2D eigenvalue weighted by molar-refractivity contribution is 5.73. The Hall–Kier alpha value is -1.55. The third-order valence-electron chi connectivity index (χ3n) is 2.09. The van der Waals surface area contributed by atoms with E-state index in [-0.39, 0.29) is 5.76 Å². The molecule has 4 nitrogen and oxygen atoms in total. The quantitative estimate of drug-likeness (QED) is 0.695. The number of fused-ring (bicyclic) bond motifs is 1. The van der Waals surface area contributed by atoms with Crippen molar-refractivity contribution in [3.05, 3.63) is 34.3 Å². The number of rotatable bonds is 1. The molecule has 0 spiro atoms. The van der Waals surface area contributed by atoms with E-state index in [1.54, 1.807) is 13.1 Å². The van der Waals surface area contributed by atoms with E-state index in [0.717, 1.165) is 11.1 Å². The maximum atomic E-state index is 11.1. The molecule has 0 aliphatic heterocycles. The van der Waals surface area contributed by atoms with Crippen LogP contribution in [-0.2, 0) is 13.6 Å². The van der Waals surface area contributed by atoms with Gasteiger partial charge in [0.25, 0.3) is 0 Å². The number of aromatic nitrogens is 1. The molecule has 0 aliphatic rings. The molecule has 0 saturated carbocycles. The Kier molecular flexibility index (Phi) is 1.70. The number of hydrogen-bond donors (Lipinski definition) is 1. The largest absolute Gasteiger partial charge is 0.419 e. The zero-order valence-corrected chi connectivity index (χ0v) is 7.28. The summed E-state index contributed by atoms with van der Waals surface area (Å²) in [7, 11) is 1.68. The minimum atomic E-state index is -0.343. The number of oxazole rings is 1. The van der Waals surface area contributed by atoms with Gasteiger partial charge in [0.05, 0.1) is 5.52 Å². The number of benzene rings is 1. The van der Waals surface area contributed by atoms with E-state index in [9.17, 15) is 4.79 Å². The average molecular weight is 178 g/mol. The first-order valence-electron chi connectivity index (χ1n) is 4.01. The van der Waals surface area contributed by atoms with Crippen LogP contribution in [0.5, 0.6) is 0 Å². The Morgan fingerprint density at radius 2 is 2.31 bits per heavy atom. The van der Waals surface area contributed by atoms with Crippen molar-refractivity contribution in [3.8, 4) is 0 Å². The van der Waals surface area contributed by atoms with Gasteiger partial charge in [0.15, 0.2) is 5.58 Å². The maximum Gasteiger partial charge on any atom is 0.419 e. The maximum absolute atomic E-state index is 11.1. The summed E-state index contributed by atoms with van der Waals surface area (Å²) >= 11 is 0. The standard InChI is InChI=1S/C9H10N2O2/c1-11-7-3-2-6(5-10)4-8(7)13-9(11)12/h2-4H,5,10H2,1H3. The Labute approximate surface area is 74.6 Å². The van der Waals surface area contributed by atoms with Crippen molar-refractivity contribution in [1.29, 1.82) is 0 Å². The predicted octanol–water partition coefficient (Wildman–Crippen LogP) is 0.590. The highest BCUT2D eigenvalue weighted by Crippen LogP contribution is 2.13. The van der Waals surface area contributed by atoms with E-state index >= 15 is 0 Å². The van der Waals surface area contributed by atoms with Crippen LogP contribution >= 0.6 is 0 Å². The lowest BCUT2D eigenvalue weighted by molar-refractivity contribution is 0.528. The van der Waals surface area contributed by atoms with Crippen molar-refractivity contribution in [1.82, 2.24) is 4.57 Å². The molecule has 13 heavy (non-hydrogen) atoms. The fraction of sp³-hybridized carbons (Fsp3) is 0.222. The highest BCUT2D eigenvalue weighted by atomic mass is 16.4. The second kappa shape index (κ2) is 2.74. The first-order valence-corrected chi connectivity index (χ1v) is 4.01. The van der Waals surface area contributed by atoms with E-state index in [2.05, 4.69) is 0 Å². The van der Waals surface area contributed by atoms with Crippen LogP contribution in [-0.4, -0.2) is 4.57 Å². The molecule has 1 heterocycles.